The molecule has 0 saturated heterocycles. The van der Waals surface area contributed by atoms with Crippen molar-refractivity contribution in [3.63, 3.8) is 0 Å². The number of nitrogens with zero attached hydrogens (tertiary/aromatic N) is 2. The van der Waals surface area contributed by atoms with E-state index in [9.17, 15) is 9.90 Å². The molecule has 6 nitrogen and oxygen atoms in total. The second kappa shape index (κ2) is 12.9. The molecular weight excluding hydrogens is 436 g/mol. The molecule has 7 heteroatoms. The Morgan fingerprint density at radius 3 is 2.88 bits per heavy atom. The number of aliphatic hydroxyl groups is 1. The number of benzene rings is 1. The van der Waals surface area contributed by atoms with Crippen LogP contribution in [0.1, 0.15) is 34.9 Å². The fourth-order valence-corrected chi connectivity index (χ4v) is 5.05. The van der Waals surface area contributed by atoms with E-state index in [2.05, 4.69) is 18.0 Å². The number of carbonyl (C=O) groups excluding carboxylic acids is 1. The molecule has 1 aliphatic rings. The van der Waals surface area contributed by atoms with Gasteiger partial charge in [0, 0.05) is 31.6 Å². The molecule has 1 aromatic carbocycles. The fraction of sp³-hybridized carbons (Fsp3) is 0.500. The second-order valence-electron chi connectivity index (χ2n) is 8.52. The third-order valence-corrected chi connectivity index (χ3v) is 6.98. The zero-order chi connectivity index (χ0) is 23.6. The summed E-state index contributed by atoms with van der Waals surface area (Å²) >= 11 is 1.75. The maximum absolute atomic E-state index is 13.5. The van der Waals surface area contributed by atoms with Crippen LogP contribution in [0.5, 0.6) is 5.75 Å². The quantitative estimate of drug-likeness (QED) is 0.449. The van der Waals surface area contributed by atoms with E-state index < -0.39 is 6.10 Å². The van der Waals surface area contributed by atoms with Crippen molar-refractivity contribution in [1.29, 1.82) is 0 Å². The first-order chi connectivity index (χ1) is 16.0. The number of fused-ring (bicyclic) bond motifs is 1. The van der Waals surface area contributed by atoms with Crippen molar-refractivity contribution in [2.24, 2.45) is 0 Å². The molecule has 1 amide bonds. The smallest absolute Gasteiger partial charge is 0.237 e. The third-order valence-electron chi connectivity index (χ3n) is 5.99. The first-order valence-electron chi connectivity index (χ1n) is 11.6. The second-order valence-corrected chi connectivity index (χ2v) is 9.52. The summed E-state index contributed by atoms with van der Waals surface area (Å²) in [6.07, 6.45) is 3.55. The predicted molar refractivity (Wildman–Crippen MR) is 133 cm³/mol. The van der Waals surface area contributed by atoms with Crippen molar-refractivity contribution in [1.82, 2.24) is 9.80 Å². The molecular formula is C26H36N2O4S. The molecule has 3 rings (SSSR count). The van der Waals surface area contributed by atoms with E-state index in [1.807, 2.05) is 41.0 Å². The predicted octanol–water partition coefficient (Wildman–Crippen LogP) is 3.84. The van der Waals surface area contributed by atoms with Gasteiger partial charge in [0.25, 0.3) is 0 Å². The topological polar surface area (TPSA) is 62.2 Å². The van der Waals surface area contributed by atoms with Crippen LogP contribution in [0, 0.1) is 6.92 Å². The van der Waals surface area contributed by atoms with Gasteiger partial charge in [-0.15, -0.1) is 17.9 Å². The van der Waals surface area contributed by atoms with Crippen molar-refractivity contribution in [2.45, 2.75) is 38.3 Å². The van der Waals surface area contributed by atoms with Crippen LogP contribution in [-0.2, 0) is 16.0 Å². The van der Waals surface area contributed by atoms with Crippen LogP contribution in [0.2, 0.25) is 0 Å². The molecule has 1 aliphatic heterocycles. The molecule has 33 heavy (non-hydrogen) atoms. The van der Waals surface area contributed by atoms with E-state index in [-0.39, 0.29) is 18.5 Å². The Hall–Kier alpha value is -2.19. The van der Waals surface area contributed by atoms with Crippen molar-refractivity contribution >= 4 is 17.2 Å². The van der Waals surface area contributed by atoms with Gasteiger partial charge in [0.2, 0.25) is 5.91 Å². The number of aryl methyl sites for hydroxylation is 1. The van der Waals surface area contributed by atoms with Gasteiger partial charge in [0.15, 0.2) is 0 Å². The minimum Gasteiger partial charge on any atom is -0.491 e. The van der Waals surface area contributed by atoms with Gasteiger partial charge in [-0.2, -0.15) is 0 Å². The minimum atomic E-state index is -0.502. The number of methoxy groups -OCH3 is 1. The molecule has 1 N–H and O–H groups in total. The van der Waals surface area contributed by atoms with Gasteiger partial charge in [-0.1, -0.05) is 23.8 Å². The standard InChI is InChI=1S/C26H36N2O4S/c1-4-5-6-21(29)17-27(14-15-31-3)18-26(30)28-13-11-25-23(12-16-33-25)24(28)19-32-22-9-7-20(2)8-10-22/h4,7-10,12,16,21,24,29H,1,5-6,11,13-15,17-19H2,2-3H3/t21-,24-/m0/s1. The zero-order valence-electron chi connectivity index (χ0n) is 19.7. The summed E-state index contributed by atoms with van der Waals surface area (Å²) in [6.45, 7) is 8.64. The maximum atomic E-state index is 13.5. The minimum absolute atomic E-state index is 0.0522. The van der Waals surface area contributed by atoms with Crippen LogP contribution >= 0.6 is 11.3 Å². The normalized spacial score (nSPS) is 16.5. The summed E-state index contributed by atoms with van der Waals surface area (Å²) in [5, 5.41) is 12.5. The van der Waals surface area contributed by atoms with Crippen molar-refractivity contribution in [3.8, 4) is 5.75 Å². The zero-order valence-corrected chi connectivity index (χ0v) is 20.6. The van der Waals surface area contributed by atoms with E-state index in [1.165, 1.54) is 16.0 Å². The number of aliphatic hydroxyl groups excluding tert-OH is 1. The van der Waals surface area contributed by atoms with E-state index in [0.717, 1.165) is 18.6 Å². The van der Waals surface area contributed by atoms with Gasteiger partial charge in [0.1, 0.15) is 12.4 Å². The van der Waals surface area contributed by atoms with Crippen LogP contribution in [0.25, 0.3) is 0 Å². The average molecular weight is 473 g/mol. The molecule has 2 aromatic rings. The number of hydrogen-bond acceptors (Lipinski definition) is 6. The number of thiophene rings is 1. The number of rotatable bonds is 13. The van der Waals surface area contributed by atoms with Crippen molar-refractivity contribution < 1.29 is 19.4 Å². The maximum Gasteiger partial charge on any atom is 0.237 e. The first kappa shape index (κ1) is 25.4. The molecule has 0 aliphatic carbocycles. The highest BCUT2D eigenvalue weighted by atomic mass is 32.1. The Morgan fingerprint density at radius 1 is 1.36 bits per heavy atom. The lowest BCUT2D eigenvalue weighted by molar-refractivity contribution is -0.136. The highest BCUT2D eigenvalue weighted by molar-refractivity contribution is 7.10. The van der Waals surface area contributed by atoms with Gasteiger partial charge in [0.05, 0.1) is 25.3 Å². The molecule has 2 heterocycles. The molecule has 0 unspecified atom stereocenters. The summed E-state index contributed by atoms with van der Waals surface area (Å²) in [7, 11) is 1.65. The van der Waals surface area contributed by atoms with Crippen LogP contribution in [0.15, 0.2) is 48.4 Å². The summed E-state index contributed by atoms with van der Waals surface area (Å²) in [5.41, 5.74) is 2.37. The fourth-order valence-electron chi connectivity index (χ4n) is 4.12. The van der Waals surface area contributed by atoms with Gasteiger partial charge in [-0.05, 0) is 55.3 Å². The molecule has 0 bridgehead atoms. The first-order valence-corrected chi connectivity index (χ1v) is 12.4. The average Bonchev–Trinajstić information content (AvgIpc) is 3.29. The summed E-state index contributed by atoms with van der Waals surface area (Å²) in [5.74, 6) is 0.860. The number of amides is 1. The number of ether oxygens (including phenoxy) is 2. The SMILES string of the molecule is C=CCC[C@H](O)CN(CCOC)CC(=O)N1CCc2sccc2[C@@H]1COc1ccc(C)cc1. The van der Waals surface area contributed by atoms with Crippen LogP contribution in [-0.4, -0.2) is 73.4 Å². The molecule has 0 spiro atoms. The lowest BCUT2D eigenvalue weighted by atomic mass is 10.0. The van der Waals surface area contributed by atoms with E-state index in [0.29, 0.717) is 39.3 Å². The van der Waals surface area contributed by atoms with Gasteiger partial charge >= 0.3 is 0 Å². The lowest BCUT2D eigenvalue weighted by Gasteiger charge is -2.37. The third kappa shape index (κ3) is 7.40. The molecule has 0 radical (unpaired) electrons. The highest BCUT2D eigenvalue weighted by Crippen LogP contribution is 2.34. The van der Waals surface area contributed by atoms with E-state index >= 15 is 0 Å². The Kier molecular flexibility index (Phi) is 9.94. The molecule has 1 aromatic heterocycles. The Labute approximate surface area is 201 Å². The van der Waals surface area contributed by atoms with Crippen LogP contribution in [0.3, 0.4) is 0 Å². The Balaban J connectivity index is 1.69. The summed E-state index contributed by atoms with van der Waals surface area (Å²) in [4.78, 5) is 18.7. The Bertz CT molecular complexity index is 883. The number of carbonyl (C=O) groups is 1. The number of allylic oxidation sites excluding steroid dienone is 1. The lowest BCUT2D eigenvalue weighted by Crippen LogP contribution is -2.48. The van der Waals surface area contributed by atoms with Gasteiger partial charge in [-0.25, -0.2) is 0 Å². The van der Waals surface area contributed by atoms with Gasteiger partial charge < -0.3 is 19.5 Å². The van der Waals surface area contributed by atoms with Crippen LogP contribution in [0.4, 0.5) is 0 Å². The van der Waals surface area contributed by atoms with Crippen molar-refractivity contribution in [3.05, 3.63) is 64.4 Å². The van der Waals surface area contributed by atoms with Crippen molar-refractivity contribution in [2.75, 3.05) is 46.5 Å². The van der Waals surface area contributed by atoms with E-state index in [4.69, 9.17) is 9.47 Å². The molecule has 0 saturated carbocycles. The molecule has 2 atom stereocenters. The molecule has 180 valence electrons. The largest absolute Gasteiger partial charge is 0.491 e. The van der Waals surface area contributed by atoms with Crippen LogP contribution < -0.4 is 4.74 Å². The summed E-state index contributed by atoms with van der Waals surface area (Å²) < 4.78 is 11.3. The Morgan fingerprint density at radius 2 is 2.15 bits per heavy atom. The highest BCUT2D eigenvalue weighted by Gasteiger charge is 2.33. The summed E-state index contributed by atoms with van der Waals surface area (Å²) in [6, 6.07) is 9.99. The molecule has 0 fully saturated rings. The van der Waals surface area contributed by atoms with E-state index in [1.54, 1.807) is 24.5 Å². The van der Waals surface area contributed by atoms with Gasteiger partial charge in [-0.3, -0.25) is 9.69 Å². The monoisotopic (exact) mass is 472 g/mol. The number of hydrogen-bond donors (Lipinski definition) is 1.